The number of rotatable bonds is 16. The first kappa shape index (κ1) is 29.3. The Labute approximate surface area is 201 Å². The average Bonchev–Trinajstić information content (AvgIpc) is 2.73. The molecule has 1 rings (SSSR count). The number of carbonyl (C=O) groups is 3. The van der Waals surface area contributed by atoms with Crippen molar-refractivity contribution in [3.8, 4) is 0 Å². The molecule has 0 fully saturated rings. The van der Waals surface area contributed by atoms with Crippen LogP contribution in [-0.4, -0.2) is 67.3 Å². The van der Waals surface area contributed by atoms with Crippen molar-refractivity contribution < 1.29 is 38.4 Å². The molecule has 2 atom stereocenters. The van der Waals surface area contributed by atoms with E-state index in [4.69, 9.17) is 29.8 Å². The molecule has 0 heterocycles. The van der Waals surface area contributed by atoms with E-state index in [0.717, 1.165) is 11.1 Å². The third-order valence-electron chi connectivity index (χ3n) is 4.64. The van der Waals surface area contributed by atoms with Gasteiger partial charge < -0.3 is 35.1 Å². The number of amides is 2. The van der Waals surface area contributed by atoms with E-state index in [0.29, 0.717) is 32.7 Å². The second kappa shape index (κ2) is 15.3. The number of benzene rings is 1. The molecule has 192 valence electrons. The molecule has 2 amide bonds. The Morgan fingerprint density at radius 2 is 1.65 bits per heavy atom. The molecule has 0 bridgehead atoms. The maximum Gasteiger partial charge on any atom is 0.407 e. The first-order valence-corrected chi connectivity index (χ1v) is 11.3. The van der Waals surface area contributed by atoms with Crippen LogP contribution in [0.1, 0.15) is 51.7 Å². The van der Waals surface area contributed by atoms with Gasteiger partial charge in [0.2, 0.25) is 5.91 Å². The third kappa shape index (κ3) is 14.5. The van der Waals surface area contributed by atoms with Crippen molar-refractivity contribution in [3.63, 3.8) is 0 Å². The summed E-state index contributed by atoms with van der Waals surface area (Å²) in [5.41, 5.74) is 6.69. The van der Waals surface area contributed by atoms with E-state index in [-0.39, 0.29) is 25.7 Å². The molecule has 10 heteroatoms. The summed E-state index contributed by atoms with van der Waals surface area (Å²) >= 11 is 0. The number of carboxylic acid groups (broad SMARTS) is 1. The molecule has 1 aromatic carbocycles. The minimum Gasteiger partial charge on any atom is -0.480 e. The molecule has 0 aliphatic rings. The highest BCUT2D eigenvalue weighted by molar-refractivity contribution is 5.74. The van der Waals surface area contributed by atoms with Gasteiger partial charge in [-0.1, -0.05) is 24.3 Å². The molecule has 0 aromatic heterocycles. The number of primary amides is 1. The Hall–Kier alpha value is -2.69. The Morgan fingerprint density at radius 1 is 1.03 bits per heavy atom. The first-order chi connectivity index (χ1) is 16.0. The van der Waals surface area contributed by atoms with E-state index in [9.17, 15) is 14.4 Å². The van der Waals surface area contributed by atoms with Gasteiger partial charge >= 0.3 is 12.1 Å². The topological polar surface area (TPSA) is 146 Å². The summed E-state index contributed by atoms with van der Waals surface area (Å²) in [6.07, 6.45) is 0.235. The van der Waals surface area contributed by atoms with Gasteiger partial charge in [0.25, 0.3) is 0 Å². The highest BCUT2D eigenvalue weighted by Gasteiger charge is 2.24. The number of hydrogen-bond acceptors (Lipinski definition) is 7. The van der Waals surface area contributed by atoms with Crippen molar-refractivity contribution in [2.45, 2.75) is 71.3 Å². The lowest BCUT2D eigenvalue weighted by atomic mass is 10.1. The average molecular weight is 483 g/mol. The van der Waals surface area contributed by atoms with Crippen LogP contribution in [0, 0.1) is 0 Å². The fourth-order valence-electron chi connectivity index (χ4n) is 2.90. The SMILES string of the molecule is C[C@@H](OCc1ccc(CCOCCOCC(=O)O)cc1)[C@H](CCC(N)=O)NC(=O)OC(C)(C)C. The lowest BCUT2D eigenvalue weighted by Crippen LogP contribution is -2.45. The summed E-state index contributed by atoms with van der Waals surface area (Å²) in [4.78, 5) is 33.7. The standard InChI is InChI=1S/C24H38N2O8/c1-17(20(9-10-21(25)27)26-23(30)34-24(2,3)4)33-15-19-7-5-18(6-8-19)11-12-31-13-14-32-16-22(28)29/h5-8,17,20H,9-16H2,1-4H3,(H2,25,27)(H,26,30)(H,28,29)/t17-,20+/m1/s1. The predicted octanol–water partition coefficient (Wildman–Crippen LogP) is 2.41. The number of aliphatic carboxylic acids is 1. The van der Waals surface area contributed by atoms with E-state index in [1.807, 2.05) is 31.2 Å². The molecular formula is C24H38N2O8. The van der Waals surface area contributed by atoms with Crippen LogP contribution in [0.25, 0.3) is 0 Å². The molecule has 34 heavy (non-hydrogen) atoms. The molecule has 4 N–H and O–H groups in total. The summed E-state index contributed by atoms with van der Waals surface area (Å²) in [6, 6.07) is 7.45. The Bertz CT molecular complexity index is 761. The van der Waals surface area contributed by atoms with Crippen molar-refractivity contribution in [2.75, 3.05) is 26.4 Å². The van der Waals surface area contributed by atoms with Crippen molar-refractivity contribution in [3.05, 3.63) is 35.4 Å². The van der Waals surface area contributed by atoms with Crippen LogP contribution in [0.2, 0.25) is 0 Å². The largest absolute Gasteiger partial charge is 0.480 e. The monoisotopic (exact) mass is 482 g/mol. The van der Waals surface area contributed by atoms with Gasteiger partial charge in [-0.05, 0) is 51.7 Å². The number of carbonyl (C=O) groups excluding carboxylic acids is 2. The Morgan fingerprint density at radius 3 is 2.24 bits per heavy atom. The number of alkyl carbamates (subject to hydrolysis) is 1. The van der Waals surface area contributed by atoms with Crippen LogP contribution in [0.5, 0.6) is 0 Å². The fraction of sp³-hybridized carbons (Fsp3) is 0.625. The smallest absolute Gasteiger partial charge is 0.407 e. The number of nitrogens with one attached hydrogen (secondary N) is 1. The van der Waals surface area contributed by atoms with Crippen LogP contribution in [0.4, 0.5) is 4.79 Å². The third-order valence-corrected chi connectivity index (χ3v) is 4.64. The summed E-state index contributed by atoms with van der Waals surface area (Å²) in [7, 11) is 0. The maximum absolute atomic E-state index is 12.2. The van der Waals surface area contributed by atoms with Gasteiger partial charge in [-0.2, -0.15) is 0 Å². The van der Waals surface area contributed by atoms with E-state index >= 15 is 0 Å². The minimum atomic E-state index is -1.00. The van der Waals surface area contributed by atoms with Gasteiger partial charge in [0, 0.05) is 6.42 Å². The van der Waals surface area contributed by atoms with Crippen LogP contribution >= 0.6 is 0 Å². The zero-order valence-electron chi connectivity index (χ0n) is 20.5. The molecule has 10 nitrogen and oxygen atoms in total. The summed E-state index contributed by atoms with van der Waals surface area (Å²) in [5.74, 6) is -1.45. The molecule has 0 radical (unpaired) electrons. The number of nitrogens with two attached hydrogens (primary N) is 1. The van der Waals surface area contributed by atoms with E-state index in [2.05, 4.69) is 5.32 Å². The molecule has 0 aliphatic heterocycles. The fourth-order valence-corrected chi connectivity index (χ4v) is 2.90. The van der Waals surface area contributed by atoms with Gasteiger partial charge in [-0.15, -0.1) is 0 Å². The molecule has 1 aromatic rings. The summed E-state index contributed by atoms with van der Waals surface area (Å²) in [5, 5.41) is 11.3. The second-order valence-electron chi connectivity index (χ2n) is 8.90. The quantitative estimate of drug-likeness (QED) is 0.304. The molecule has 0 spiro atoms. The van der Waals surface area contributed by atoms with Gasteiger partial charge in [-0.3, -0.25) is 4.79 Å². The van der Waals surface area contributed by atoms with Crippen LogP contribution in [0.3, 0.4) is 0 Å². The van der Waals surface area contributed by atoms with Crippen molar-refractivity contribution in [1.29, 1.82) is 0 Å². The van der Waals surface area contributed by atoms with E-state index in [1.54, 1.807) is 20.8 Å². The number of ether oxygens (including phenoxy) is 4. The Kier molecular flexibility index (Phi) is 13.2. The molecule has 0 aliphatic carbocycles. The zero-order valence-corrected chi connectivity index (χ0v) is 20.5. The predicted molar refractivity (Wildman–Crippen MR) is 125 cm³/mol. The minimum absolute atomic E-state index is 0.122. The highest BCUT2D eigenvalue weighted by atomic mass is 16.6. The van der Waals surface area contributed by atoms with Crippen molar-refractivity contribution in [1.82, 2.24) is 5.32 Å². The Balaban J connectivity index is 2.45. The van der Waals surface area contributed by atoms with Gasteiger partial charge in [0.05, 0.1) is 38.6 Å². The summed E-state index contributed by atoms with van der Waals surface area (Å²) in [6.45, 7) is 8.24. The molecule has 0 unspecified atom stereocenters. The maximum atomic E-state index is 12.2. The van der Waals surface area contributed by atoms with Gasteiger partial charge in [0.1, 0.15) is 12.2 Å². The van der Waals surface area contributed by atoms with Crippen LogP contribution < -0.4 is 11.1 Å². The lowest BCUT2D eigenvalue weighted by molar-refractivity contribution is -0.142. The normalized spacial score (nSPS) is 13.2. The number of hydrogen-bond donors (Lipinski definition) is 3. The highest BCUT2D eigenvalue weighted by Crippen LogP contribution is 2.13. The van der Waals surface area contributed by atoms with E-state index < -0.39 is 29.6 Å². The molecule has 0 saturated heterocycles. The van der Waals surface area contributed by atoms with Crippen LogP contribution in [0.15, 0.2) is 24.3 Å². The van der Waals surface area contributed by atoms with E-state index in [1.165, 1.54) is 0 Å². The lowest BCUT2D eigenvalue weighted by Gasteiger charge is -2.27. The first-order valence-electron chi connectivity index (χ1n) is 11.3. The van der Waals surface area contributed by atoms with Gasteiger partial charge in [0.15, 0.2) is 0 Å². The molecule has 0 saturated carbocycles. The second-order valence-corrected chi connectivity index (χ2v) is 8.90. The van der Waals surface area contributed by atoms with Crippen molar-refractivity contribution >= 4 is 18.0 Å². The van der Waals surface area contributed by atoms with Crippen molar-refractivity contribution in [2.24, 2.45) is 5.73 Å². The summed E-state index contributed by atoms with van der Waals surface area (Å²) < 4.78 is 21.6. The number of carboxylic acids is 1. The van der Waals surface area contributed by atoms with Crippen LogP contribution in [-0.2, 0) is 41.6 Å². The zero-order chi connectivity index (χ0) is 25.6. The molecular weight excluding hydrogens is 444 g/mol. The van der Waals surface area contributed by atoms with Gasteiger partial charge in [-0.25, -0.2) is 9.59 Å².